The number of rotatable bonds is 6. The molecule has 0 N–H and O–H groups in total. The largest absolute Gasteiger partial charge is 0.478 e. The molecule has 1 fully saturated rings. The lowest BCUT2D eigenvalue weighted by Crippen LogP contribution is -2.37. The van der Waals surface area contributed by atoms with Crippen LogP contribution in [0.1, 0.15) is 48.2 Å². The molecule has 6 heteroatoms. The van der Waals surface area contributed by atoms with Crippen molar-refractivity contribution in [2.45, 2.75) is 39.3 Å². The van der Waals surface area contributed by atoms with E-state index >= 15 is 0 Å². The Morgan fingerprint density at radius 3 is 2.66 bits per heavy atom. The Balaban J connectivity index is 1.36. The van der Waals surface area contributed by atoms with Crippen LogP contribution < -0.4 is 14.4 Å². The molecule has 32 heavy (non-hydrogen) atoms. The van der Waals surface area contributed by atoms with Crippen LogP contribution in [0.4, 0.5) is 5.69 Å². The van der Waals surface area contributed by atoms with E-state index in [0.29, 0.717) is 30.3 Å². The predicted octanol–water partition coefficient (Wildman–Crippen LogP) is 4.48. The summed E-state index contributed by atoms with van der Waals surface area (Å²) in [6.07, 6.45) is 4.29. The van der Waals surface area contributed by atoms with Gasteiger partial charge in [-0.2, -0.15) is 0 Å². The molecule has 0 radical (unpaired) electrons. The first-order valence-corrected chi connectivity index (χ1v) is 11.6. The number of nitrogens with zero attached hydrogens (tertiary/aromatic N) is 2. The number of fused-ring (bicyclic) bond motifs is 3. The Labute approximate surface area is 189 Å². The molecule has 1 atom stereocenters. The minimum atomic E-state index is -0.0770. The van der Waals surface area contributed by atoms with E-state index in [1.54, 1.807) is 0 Å². The number of benzene rings is 2. The van der Waals surface area contributed by atoms with Crippen LogP contribution >= 0.6 is 0 Å². The maximum Gasteiger partial charge on any atom is 0.231 e. The molecule has 2 aromatic rings. The van der Waals surface area contributed by atoms with Gasteiger partial charge in [0.2, 0.25) is 5.78 Å². The molecule has 0 saturated carbocycles. The van der Waals surface area contributed by atoms with Crippen molar-refractivity contribution in [3.05, 3.63) is 58.8 Å². The molecule has 0 aliphatic carbocycles. The number of ketones is 1. The minimum Gasteiger partial charge on any atom is -0.478 e. The summed E-state index contributed by atoms with van der Waals surface area (Å²) in [5.74, 6) is 1.72. The van der Waals surface area contributed by atoms with Crippen LogP contribution in [0, 0.1) is 0 Å². The Bertz CT molecular complexity index is 1020. The molecule has 3 heterocycles. The Morgan fingerprint density at radius 1 is 1.12 bits per heavy atom. The van der Waals surface area contributed by atoms with Crippen molar-refractivity contribution in [3.8, 4) is 11.5 Å². The lowest BCUT2D eigenvalue weighted by molar-refractivity contribution is 0.0274. The highest BCUT2D eigenvalue weighted by Gasteiger charge is 2.34. The molecule has 1 unspecified atom stereocenters. The van der Waals surface area contributed by atoms with Crippen LogP contribution in [0.3, 0.4) is 0 Å². The fourth-order valence-corrected chi connectivity index (χ4v) is 4.72. The van der Waals surface area contributed by atoms with Gasteiger partial charge in [-0.25, -0.2) is 0 Å². The van der Waals surface area contributed by atoms with E-state index < -0.39 is 0 Å². The van der Waals surface area contributed by atoms with E-state index in [9.17, 15) is 4.79 Å². The number of anilines is 1. The maximum absolute atomic E-state index is 13.0. The van der Waals surface area contributed by atoms with Gasteiger partial charge in [-0.1, -0.05) is 12.1 Å². The van der Waals surface area contributed by atoms with Crippen LogP contribution in [0.15, 0.2) is 42.2 Å². The van der Waals surface area contributed by atoms with Gasteiger partial charge in [0.15, 0.2) is 5.76 Å². The van der Waals surface area contributed by atoms with Crippen molar-refractivity contribution >= 4 is 17.5 Å². The third-order valence-electron chi connectivity index (χ3n) is 6.49. The smallest absolute Gasteiger partial charge is 0.231 e. The van der Waals surface area contributed by atoms with Crippen LogP contribution in [-0.2, 0) is 11.3 Å². The van der Waals surface area contributed by atoms with Crippen molar-refractivity contribution in [1.82, 2.24) is 4.90 Å². The van der Waals surface area contributed by atoms with Crippen LogP contribution in [0.2, 0.25) is 0 Å². The Hall–Kier alpha value is -2.83. The minimum absolute atomic E-state index is 0.0770. The summed E-state index contributed by atoms with van der Waals surface area (Å²) in [5, 5.41) is 0. The molecule has 0 aromatic heterocycles. The molecular formula is C26H30N2O4. The van der Waals surface area contributed by atoms with Crippen molar-refractivity contribution < 1.29 is 19.0 Å². The van der Waals surface area contributed by atoms with E-state index in [2.05, 4.69) is 35.8 Å². The molecule has 0 amide bonds. The third kappa shape index (κ3) is 4.00. The highest BCUT2D eigenvalue weighted by Crippen LogP contribution is 2.42. The molecule has 6 nitrogen and oxygen atoms in total. The van der Waals surface area contributed by atoms with Crippen molar-refractivity contribution in [3.63, 3.8) is 0 Å². The molecule has 2 aromatic carbocycles. The zero-order chi connectivity index (χ0) is 22.1. The van der Waals surface area contributed by atoms with Gasteiger partial charge in [-0.3, -0.25) is 9.69 Å². The first kappa shape index (κ1) is 21.0. The van der Waals surface area contributed by atoms with Gasteiger partial charge in [0.1, 0.15) is 18.2 Å². The van der Waals surface area contributed by atoms with Gasteiger partial charge in [-0.15, -0.1) is 0 Å². The van der Waals surface area contributed by atoms with Crippen LogP contribution in [-0.4, -0.2) is 49.8 Å². The number of carbonyl (C=O) groups excluding carboxylic acids is 1. The summed E-state index contributed by atoms with van der Waals surface area (Å²) in [4.78, 5) is 17.6. The van der Waals surface area contributed by atoms with Crippen molar-refractivity contribution in [1.29, 1.82) is 0 Å². The van der Waals surface area contributed by atoms with Gasteiger partial charge in [0.05, 0.1) is 17.2 Å². The molecule has 168 valence electrons. The van der Waals surface area contributed by atoms with E-state index in [0.717, 1.165) is 56.0 Å². The van der Waals surface area contributed by atoms with E-state index in [1.807, 2.05) is 30.3 Å². The fraction of sp³-hybridized carbons (Fsp3) is 0.423. The summed E-state index contributed by atoms with van der Waals surface area (Å²) in [7, 11) is 0. The molecule has 1 saturated heterocycles. The molecule has 5 rings (SSSR count). The van der Waals surface area contributed by atoms with Crippen LogP contribution in [0.25, 0.3) is 6.08 Å². The lowest BCUT2D eigenvalue weighted by Gasteiger charge is -2.31. The molecule has 3 aliphatic heterocycles. The van der Waals surface area contributed by atoms with E-state index in [-0.39, 0.29) is 11.9 Å². The number of hydrogen-bond acceptors (Lipinski definition) is 6. The summed E-state index contributed by atoms with van der Waals surface area (Å²) in [5.41, 5.74) is 3.68. The van der Waals surface area contributed by atoms with E-state index in [1.165, 1.54) is 5.69 Å². The van der Waals surface area contributed by atoms with E-state index in [4.69, 9.17) is 14.2 Å². The van der Waals surface area contributed by atoms with Gasteiger partial charge >= 0.3 is 0 Å². The molecule has 0 spiro atoms. The lowest BCUT2D eigenvalue weighted by atomic mass is 10.0. The highest BCUT2D eigenvalue weighted by molar-refractivity contribution is 6.15. The molecule has 3 aliphatic rings. The molecule has 0 bridgehead atoms. The van der Waals surface area contributed by atoms with Crippen molar-refractivity contribution in [2.75, 3.05) is 37.9 Å². The van der Waals surface area contributed by atoms with Gasteiger partial charge in [-0.05, 0) is 62.6 Å². The van der Waals surface area contributed by atoms with Gasteiger partial charge in [0.25, 0.3) is 0 Å². The summed E-state index contributed by atoms with van der Waals surface area (Å²) in [6.45, 7) is 9.11. The number of ether oxygens (including phenoxy) is 3. The maximum atomic E-state index is 13.0. The number of carbonyl (C=O) groups is 1. The number of hydrogen-bond donors (Lipinski definition) is 0. The van der Waals surface area contributed by atoms with Gasteiger partial charge < -0.3 is 19.1 Å². The second-order valence-electron chi connectivity index (χ2n) is 8.54. The Kier molecular flexibility index (Phi) is 5.89. The summed E-state index contributed by atoms with van der Waals surface area (Å²) in [6, 6.07) is 11.9. The second-order valence-corrected chi connectivity index (χ2v) is 8.54. The van der Waals surface area contributed by atoms with Crippen molar-refractivity contribution in [2.24, 2.45) is 0 Å². The number of allylic oxidation sites excluding steroid dienone is 1. The number of Topliss-reactive ketones (excluding diaryl/α,β-unsaturated/α-hetero) is 1. The average molecular weight is 435 g/mol. The summed E-state index contributed by atoms with van der Waals surface area (Å²) >= 11 is 0. The standard InChI is InChI=1S/C26H30N2O4/c1-3-28(4-2)19-9-7-18(8-10-19)14-24-25(29)21-11-12-23-22(26(21)32-24)16-27(17-31-23)15-20-6-5-13-30-20/h7-12,14,20H,3-6,13,15-17H2,1-2H3/b24-14-. The monoisotopic (exact) mass is 434 g/mol. The quantitative estimate of drug-likeness (QED) is 0.625. The topological polar surface area (TPSA) is 51.2 Å². The molecular weight excluding hydrogens is 404 g/mol. The van der Waals surface area contributed by atoms with Gasteiger partial charge in [0, 0.05) is 38.5 Å². The third-order valence-corrected chi connectivity index (χ3v) is 6.49. The predicted molar refractivity (Wildman–Crippen MR) is 124 cm³/mol. The average Bonchev–Trinajstić information content (AvgIpc) is 3.44. The zero-order valence-corrected chi connectivity index (χ0v) is 18.8. The second kappa shape index (κ2) is 8.96. The summed E-state index contributed by atoms with van der Waals surface area (Å²) < 4.78 is 17.9. The first-order valence-electron chi connectivity index (χ1n) is 11.6. The first-order chi connectivity index (χ1) is 15.7. The Morgan fingerprint density at radius 2 is 1.94 bits per heavy atom. The normalized spacial score (nSPS) is 21.2. The zero-order valence-electron chi connectivity index (χ0n) is 18.8. The highest BCUT2D eigenvalue weighted by atomic mass is 16.5. The SMILES string of the molecule is CCN(CC)c1ccc(/C=C2\Oc3c(ccc4c3CN(CC3CCCO3)CO4)C2=O)cc1. The fourth-order valence-electron chi connectivity index (χ4n) is 4.72. The van der Waals surface area contributed by atoms with Crippen LogP contribution in [0.5, 0.6) is 11.5 Å².